The number of hydrogen-bond acceptors (Lipinski definition) is 4. The first kappa shape index (κ1) is 18.8. The molecule has 1 heterocycles. The zero-order valence-electron chi connectivity index (χ0n) is 15.3. The van der Waals surface area contributed by atoms with E-state index in [0.717, 1.165) is 26.4 Å². The van der Waals surface area contributed by atoms with Gasteiger partial charge in [0.15, 0.2) is 0 Å². The number of nitrogens with one attached hydrogen (secondary N) is 2. The Morgan fingerprint density at radius 2 is 1.81 bits per heavy atom. The van der Waals surface area contributed by atoms with Crippen molar-refractivity contribution in [3.63, 3.8) is 0 Å². The van der Waals surface area contributed by atoms with Gasteiger partial charge in [-0.2, -0.15) is 0 Å². The molecule has 0 aliphatic carbocycles. The van der Waals surface area contributed by atoms with Crippen LogP contribution in [0.1, 0.15) is 24.4 Å². The van der Waals surface area contributed by atoms with Gasteiger partial charge in [-0.15, -0.1) is 11.3 Å². The number of hydrogen-bond donors (Lipinski definition) is 2. The molecule has 0 spiro atoms. The van der Waals surface area contributed by atoms with Gasteiger partial charge in [0, 0.05) is 11.8 Å². The second-order valence-corrected chi connectivity index (χ2v) is 7.55. The quantitative estimate of drug-likeness (QED) is 0.635. The smallest absolute Gasteiger partial charge is 0.248 e. The Labute approximate surface area is 162 Å². The largest absolute Gasteiger partial charge is 0.349 e. The first-order valence-corrected chi connectivity index (χ1v) is 9.47. The van der Waals surface area contributed by atoms with Crippen LogP contribution in [-0.4, -0.2) is 16.8 Å². The van der Waals surface area contributed by atoms with Crippen LogP contribution in [0.3, 0.4) is 0 Å². The summed E-state index contributed by atoms with van der Waals surface area (Å²) in [6, 6.07) is 15.2. The van der Waals surface area contributed by atoms with Crippen LogP contribution in [0, 0.1) is 0 Å². The molecule has 2 aromatic carbocycles. The molecule has 0 radical (unpaired) electrons. The Morgan fingerprint density at radius 3 is 2.52 bits per heavy atom. The number of amides is 2. The van der Waals surface area contributed by atoms with E-state index in [0.29, 0.717) is 12.2 Å². The number of fused-ring (bicyclic) bond motifs is 1. The summed E-state index contributed by atoms with van der Waals surface area (Å²) < 4.78 is 1.12. The van der Waals surface area contributed by atoms with E-state index < -0.39 is 0 Å². The average Bonchev–Trinajstić information content (AvgIpc) is 3.04. The Balaban J connectivity index is 1.51. The minimum absolute atomic E-state index is 0.0596. The van der Waals surface area contributed by atoms with Gasteiger partial charge in [-0.1, -0.05) is 29.8 Å². The van der Waals surface area contributed by atoms with Crippen LogP contribution in [0.4, 0.5) is 5.69 Å². The van der Waals surface area contributed by atoms with Gasteiger partial charge in [-0.05, 0) is 43.7 Å². The van der Waals surface area contributed by atoms with E-state index in [2.05, 4.69) is 15.6 Å². The Morgan fingerprint density at radius 1 is 1.07 bits per heavy atom. The van der Waals surface area contributed by atoms with Crippen molar-refractivity contribution in [2.75, 3.05) is 5.32 Å². The van der Waals surface area contributed by atoms with Crippen molar-refractivity contribution in [1.82, 2.24) is 10.3 Å². The zero-order chi connectivity index (χ0) is 19.2. The summed E-state index contributed by atoms with van der Waals surface area (Å²) >= 11 is 1.59. The highest BCUT2D eigenvalue weighted by atomic mass is 32.1. The summed E-state index contributed by atoms with van der Waals surface area (Å²) in [5, 5.41) is 6.59. The molecule has 0 saturated heterocycles. The second-order valence-electron chi connectivity index (χ2n) is 6.44. The second kappa shape index (κ2) is 8.60. The van der Waals surface area contributed by atoms with Crippen molar-refractivity contribution < 1.29 is 9.59 Å². The lowest BCUT2D eigenvalue weighted by Gasteiger charge is -2.06. The van der Waals surface area contributed by atoms with E-state index in [4.69, 9.17) is 0 Å². The minimum Gasteiger partial charge on any atom is -0.349 e. The summed E-state index contributed by atoms with van der Waals surface area (Å²) in [6.07, 6.45) is 1.83. The number of rotatable bonds is 6. The number of benzene rings is 2. The average molecular weight is 379 g/mol. The van der Waals surface area contributed by atoms with Crippen LogP contribution >= 0.6 is 11.3 Å². The summed E-state index contributed by atoms with van der Waals surface area (Å²) in [5.74, 6) is -0.216. The first-order valence-electron chi connectivity index (χ1n) is 8.65. The lowest BCUT2D eigenvalue weighted by atomic mass is 10.1. The SMILES string of the molecule is CC(C)=CC(=O)Nc1ccc(CC(=O)NCc2nc3ccccc3s2)cc1. The molecule has 3 aromatic rings. The zero-order valence-corrected chi connectivity index (χ0v) is 16.1. The van der Waals surface area contributed by atoms with Crippen LogP contribution in [0.25, 0.3) is 10.2 Å². The molecule has 6 heteroatoms. The number of para-hydroxylation sites is 1. The van der Waals surface area contributed by atoms with E-state index in [1.807, 2.05) is 50.2 Å². The third-order valence-electron chi connectivity index (χ3n) is 3.78. The van der Waals surface area contributed by atoms with Gasteiger partial charge in [0.2, 0.25) is 11.8 Å². The van der Waals surface area contributed by atoms with Crippen molar-refractivity contribution in [3.8, 4) is 0 Å². The highest BCUT2D eigenvalue weighted by molar-refractivity contribution is 7.18. The molecule has 0 aliphatic rings. The van der Waals surface area contributed by atoms with E-state index in [9.17, 15) is 9.59 Å². The molecule has 2 amide bonds. The number of nitrogens with zero attached hydrogens (tertiary/aromatic N) is 1. The van der Waals surface area contributed by atoms with Gasteiger partial charge in [0.05, 0.1) is 23.2 Å². The molecule has 0 unspecified atom stereocenters. The van der Waals surface area contributed by atoms with Crippen LogP contribution in [0.5, 0.6) is 0 Å². The molecule has 2 N–H and O–H groups in total. The maximum absolute atomic E-state index is 12.2. The maximum atomic E-state index is 12.2. The summed E-state index contributed by atoms with van der Waals surface area (Å²) in [4.78, 5) is 28.4. The minimum atomic E-state index is -0.156. The number of carbonyl (C=O) groups is 2. The van der Waals surface area contributed by atoms with Crippen molar-refractivity contribution >= 4 is 39.1 Å². The summed E-state index contributed by atoms with van der Waals surface area (Å²) in [7, 11) is 0. The van der Waals surface area contributed by atoms with E-state index in [1.54, 1.807) is 29.5 Å². The molecule has 1 aromatic heterocycles. The lowest BCUT2D eigenvalue weighted by molar-refractivity contribution is -0.120. The van der Waals surface area contributed by atoms with Gasteiger partial charge in [0.1, 0.15) is 5.01 Å². The Hall–Kier alpha value is -2.99. The predicted octanol–water partition coefficient (Wildman–Crippen LogP) is 4.06. The van der Waals surface area contributed by atoms with Crippen molar-refractivity contribution in [3.05, 3.63) is 70.8 Å². The highest BCUT2D eigenvalue weighted by Gasteiger charge is 2.07. The van der Waals surface area contributed by atoms with Crippen LogP contribution in [0.2, 0.25) is 0 Å². The van der Waals surface area contributed by atoms with Gasteiger partial charge in [0.25, 0.3) is 0 Å². The van der Waals surface area contributed by atoms with Crippen molar-refractivity contribution in [2.45, 2.75) is 26.8 Å². The maximum Gasteiger partial charge on any atom is 0.248 e. The fraction of sp³-hybridized carbons (Fsp3) is 0.190. The highest BCUT2D eigenvalue weighted by Crippen LogP contribution is 2.21. The van der Waals surface area contributed by atoms with E-state index in [1.165, 1.54) is 0 Å². The third kappa shape index (κ3) is 5.49. The van der Waals surface area contributed by atoms with Crippen LogP contribution < -0.4 is 10.6 Å². The van der Waals surface area contributed by atoms with Gasteiger partial charge >= 0.3 is 0 Å². The first-order chi connectivity index (χ1) is 13.0. The molecule has 5 nitrogen and oxygen atoms in total. The molecular weight excluding hydrogens is 358 g/mol. The van der Waals surface area contributed by atoms with Gasteiger partial charge < -0.3 is 10.6 Å². The lowest BCUT2D eigenvalue weighted by Crippen LogP contribution is -2.24. The summed E-state index contributed by atoms with van der Waals surface area (Å²) in [5.41, 5.74) is 3.49. The Bertz CT molecular complexity index is 953. The van der Waals surface area contributed by atoms with E-state index >= 15 is 0 Å². The topological polar surface area (TPSA) is 71.1 Å². The summed E-state index contributed by atoms with van der Waals surface area (Å²) in [6.45, 7) is 4.17. The molecule has 27 heavy (non-hydrogen) atoms. The normalized spacial score (nSPS) is 10.4. The third-order valence-corrected chi connectivity index (χ3v) is 4.82. The number of anilines is 1. The monoisotopic (exact) mass is 379 g/mol. The van der Waals surface area contributed by atoms with Crippen molar-refractivity contribution in [1.29, 1.82) is 0 Å². The molecule has 0 bridgehead atoms. The van der Waals surface area contributed by atoms with Gasteiger partial charge in [-0.25, -0.2) is 4.98 Å². The van der Waals surface area contributed by atoms with Gasteiger partial charge in [-0.3, -0.25) is 9.59 Å². The number of carbonyl (C=O) groups excluding carboxylic acids is 2. The van der Waals surface area contributed by atoms with Crippen LogP contribution in [0.15, 0.2) is 60.2 Å². The number of allylic oxidation sites excluding steroid dienone is 1. The van der Waals surface area contributed by atoms with E-state index in [-0.39, 0.29) is 18.2 Å². The number of aromatic nitrogens is 1. The molecule has 3 rings (SSSR count). The Kier molecular flexibility index (Phi) is 5.98. The fourth-order valence-corrected chi connectivity index (χ4v) is 3.47. The van der Waals surface area contributed by atoms with Crippen molar-refractivity contribution in [2.24, 2.45) is 0 Å². The molecule has 0 fully saturated rings. The predicted molar refractivity (Wildman–Crippen MR) is 110 cm³/mol. The molecule has 0 atom stereocenters. The number of thiazole rings is 1. The fourth-order valence-electron chi connectivity index (χ4n) is 2.56. The van der Waals surface area contributed by atoms with Crippen LogP contribution in [-0.2, 0) is 22.6 Å². The molecule has 0 saturated carbocycles. The molecule has 0 aliphatic heterocycles. The molecular formula is C21H21N3O2S. The standard InChI is InChI=1S/C21H21N3O2S/c1-14(2)11-20(26)23-16-9-7-15(8-10-16)12-19(25)22-13-21-24-17-5-3-4-6-18(17)27-21/h3-11H,12-13H2,1-2H3,(H,22,25)(H,23,26). The molecule has 138 valence electrons.